The molecule has 0 spiro atoms. The summed E-state index contributed by atoms with van der Waals surface area (Å²) in [5.74, 6) is -0.0320. The Hall–Kier alpha value is -2.69. The van der Waals surface area contributed by atoms with Gasteiger partial charge in [0.2, 0.25) is 0 Å². The lowest BCUT2D eigenvalue weighted by Gasteiger charge is -2.06. The van der Waals surface area contributed by atoms with Gasteiger partial charge in [0, 0.05) is 37.8 Å². The first-order valence-corrected chi connectivity index (χ1v) is 9.32. The van der Waals surface area contributed by atoms with Crippen molar-refractivity contribution in [2.75, 3.05) is 25.5 Å². The van der Waals surface area contributed by atoms with Crippen LogP contribution in [0.1, 0.15) is 23.1 Å². The molecule has 0 saturated carbocycles. The Labute approximate surface area is 163 Å². The van der Waals surface area contributed by atoms with Crippen molar-refractivity contribution in [1.82, 2.24) is 29.2 Å². The fourth-order valence-corrected chi connectivity index (χ4v) is 3.71. The maximum absolute atomic E-state index is 11.9. The molecule has 0 unspecified atom stereocenters. The number of esters is 1. The fraction of sp³-hybridized carbons (Fsp3) is 0.250. The number of anilines is 2. The van der Waals surface area contributed by atoms with Gasteiger partial charge in [0.05, 0.1) is 18.5 Å². The molecular formula is C16H16ClN7O2S. The van der Waals surface area contributed by atoms with E-state index in [1.807, 2.05) is 28.9 Å². The summed E-state index contributed by atoms with van der Waals surface area (Å²) in [6.07, 6.45) is 7.34. The van der Waals surface area contributed by atoms with E-state index in [1.165, 1.54) is 0 Å². The zero-order valence-electron chi connectivity index (χ0n) is 14.6. The minimum Gasteiger partial charge on any atom is -0.461 e. The predicted octanol–water partition coefficient (Wildman–Crippen LogP) is 2.55. The van der Waals surface area contributed by atoms with Gasteiger partial charge in [-0.05, 0) is 18.5 Å². The van der Waals surface area contributed by atoms with Gasteiger partial charge in [0.25, 0.3) is 0 Å². The van der Waals surface area contributed by atoms with E-state index >= 15 is 0 Å². The Morgan fingerprint density at radius 1 is 1.48 bits per heavy atom. The summed E-state index contributed by atoms with van der Waals surface area (Å²) >= 11 is 7.35. The number of hydrazine groups is 1. The van der Waals surface area contributed by atoms with Crippen LogP contribution in [0.2, 0.25) is 5.02 Å². The number of hydrogen-bond acceptors (Lipinski definition) is 9. The normalized spacial score (nSPS) is 13.9. The lowest BCUT2D eigenvalue weighted by molar-refractivity contribution is 0.0521. The standard InChI is InChI=1S/C16H16ClN7O2S/c1-3-26-16(25)12-11(17)15(27-22-12)21-13-14-19-7-10(24(14)5-4-18-13)9-6-20-23(2)8-9/h4-5,7-8,20H,3,6H2,1-2H3,(H,18,21). The van der Waals surface area contributed by atoms with E-state index in [0.29, 0.717) is 16.5 Å². The van der Waals surface area contributed by atoms with Crippen molar-refractivity contribution in [3.05, 3.63) is 41.2 Å². The molecule has 4 rings (SSSR count). The topological polar surface area (TPSA) is 96.7 Å². The van der Waals surface area contributed by atoms with Crippen molar-refractivity contribution in [2.24, 2.45) is 0 Å². The number of hydrogen-bond donors (Lipinski definition) is 2. The van der Waals surface area contributed by atoms with Crippen LogP contribution in [0.5, 0.6) is 0 Å². The second-order valence-electron chi connectivity index (χ2n) is 5.73. The molecule has 1 aliphatic heterocycles. The van der Waals surface area contributed by atoms with Crippen molar-refractivity contribution in [1.29, 1.82) is 0 Å². The third-order valence-corrected chi connectivity index (χ3v) is 5.20. The van der Waals surface area contributed by atoms with E-state index in [4.69, 9.17) is 16.3 Å². The van der Waals surface area contributed by atoms with Gasteiger partial charge in [0.1, 0.15) is 10.0 Å². The fourth-order valence-electron chi connectivity index (χ4n) is 2.73. The number of halogens is 1. The molecule has 3 aromatic heterocycles. The molecular weight excluding hydrogens is 390 g/mol. The van der Waals surface area contributed by atoms with Crippen LogP contribution in [0.4, 0.5) is 10.8 Å². The van der Waals surface area contributed by atoms with Gasteiger partial charge in [-0.15, -0.1) is 0 Å². The zero-order chi connectivity index (χ0) is 19.0. The third kappa shape index (κ3) is 3.22. The van der Waals surface area contributed by atoms with Crippen molar-refractivity contribution in [2.45, 2.75) is 6.92 Å². The van der Waals surface area contributed by atoms with E-state index in [-0.39, 0.29) is 17.3 Å². The van der Waals surface area contributed by atoms with Gasteiger partial charge >= 0.3 is 5.97 Å². The molecule has 0 saturated heterocycles. The van der Waals surface area contributed by atoms with Crippen LogP contribution in [-0.2, 0) is 4.74 Å². The number of carbonyl (C=O) groups is 1. The van der Waals surface area contributed by atoms with Crippen molar-refractivity contribution >= 4 is 51.1 Å². The summed E-state index contributed by atoms with van der Waals surface area (Å²) in [5.41, 5.74) is 6.02. The number of aromatic nitrogens is 4. The molecule has 3 aromatic rings. The van der Waals surface area contributed by atoms with Gasteiger partial charge in [-0.25, -0.2) is 20.2 Å². The predicted molar refractivity (Wildman–Crippen MR) is 103 cm³/mol. The SMILES string of the molecule is CCOC(=O)c1nsc(Nc2nccn3c(C4=CN(C)NC4)cnc23)c1Cl. The Bertz CT molecular complexity index is 1040. The summed E-state index contributed by atoms with van der Waals surface area (Å²) in [6.45, 7) is 2.71. The highest BCUT2D eigenvalue weighted by atomic mass is 35.5. The van der Waals surface area contributed by atoms with Crippen LogP contribution < -0.4 is 10.7 Å². The summed E-state index contributed by atoms with van der Waals surface area (Å²) in [5, 5.41) is 5.74. The number of imidazole rings is 1. The van der Waals surface area contributed by atoms with E-state index in [9.17, 15) is 4.79 Å². The molecule has 0 amide bonds. The first-order valence-electron chi connectivity index (χ1n) is 8.17. The minimum absolute atomic E-state index is 0.0900. The average Bonchev–Trinajstić information content (AvgIpc) is 3.35. The second-order valence-corrected chi connectivity index (χ2v) is 6.88. The number of ether oxygens (including phenoxy) is 1. The van der Waals surface area contributed by atoms with Crippen LogP contribution >= 0.6 is 23.1 Å². The molecule has 0 atom stereocenters. The van der Waals surface area contributed by atoms with E-state index in [0.717, 1.165) is 29.3 Å². The lowest BCUT2D eigenvalue weighted by Crippen LogP contribution is -2.23. The van der Waals surface area contributed by atoms with E-state index in [1.54, 1.807) is 19.3 Å². The first-order chi connectivity index (χ1) is 13.1. The highest BCUT2D eigenvalue weighted by Gasteiger charge is 2.21. The molecule has 1 aliphatic rings. The molecule has 4 heterocycles. The number of rotatable bonds is 5. The molecule has 0 aliphatic carbocycles. The van der Waals surface area contributed by atoms with Gasteiger partial charge < -0.3 is 15.1 Å². The maximum atomic E-state index is 11.9. The number of fused-ring (bicyclic) bond motifs is 1. The highest BCUT2D eigenvalue weighted by Crippen LogP contribution is 2.34. The van der Waals surface area contributed by atoms with Crippen LogP contribution in [0.3, 0.4) is 0 Å². The smallest absolute Gasteiger partial charge is 0.359 e. The minimum atomic E-state index is -0.550. The summed E-state index contributed by atoms with van der Waals surface area (Å²) in [4.78, 5) is 20.7. The lowest BCUT2D eigenvalue weighted by atomic mass is 10.2. The van der Waals surface area contributed by atoms with Crippen LogP contribution in [0, 0.1) is 0 Å². The quantitative estimate of drug-likeness (QED) is 0.625. The summed E-state index contributed by atoms with van der Waals surface area (Å²) < 4.78 is 11.0. The Morgan fingerprint density at radius 3 is 3.07 bits per heavy atom. The number of carbonyl (C=O) groups excluding carboxylic acids is 1. The molecule has 11 heteroatoms. The third-order valence-electron chi connectivity index (χ3n) is 3.96. The van der Waals surface area contributed by atoms with E-state index < -0.39 is 5.97 Å². The van der Waals surface area contributed by atoms with Gasteiger partial charge in [-0.2, -0.15) is 4.37 Å². The molecule has 0 aromatic carbocycles. The van der Waals surface area contributed by atoms with Crippen molar-refractivity contribution < 1.29 is 9.53 Å². The molecule has 2 N–H and O–H groups in total. The van der Waals surface area contributed by atoms with Crippen LogP contribution in [0.25, 0.3) is 11.2 Å². The molecule has 0 radical (unpaired) electrons. The molecule has 0 bridgehead atoms. The van der Waals surface area contributed by atoms with Gasteiger partial charge in [-0.3, -0.25) is 4.40 Å². The summed E-state index contributed by atoms with van der Waals surface area (Å²) in [7, 11) is 1.94. The van der Waals surface area contributed by atoms with Gasteiger partial charge in [0.15, 0.2) is 17.2 Å². The number of nitrogens with zero attached hydrogens (tertiary/aromatic N) is 5. The van der Waals surface area contributed by atoms with Crippen LogP contribution in [0.15, 0.2) is 24.8 Å². The molecule has 140 valence electrons. The average molecular weight is 406 g/mol. The van der Waals surface area contributed by atoms with Gasteiger partial charge in [-0.1, -0.05) is 11.6 Å². The van der Waals surface area contributed by atoms with Crippen LogP contribution in [-0.4, -0.2) is 49.9 Å². The zero-order valence-corrected chi connectivity index (χ0v) is 16.1. The maximum Gasteiger partial charge on any atom is 0.359 e. The first kappa shape index (κ1) is 17.7. The molecule has 27 heavy (non-hydrogen) atoms. The largest absolute Gasteiger partial charge is 0.461 e. The molecule has 0 fully saturated rings. The monoisotopic (exact) mass is 405 g/mol. The Morgan fingerprint density at radius 2 is 2.33 bits per heavy atom. The Balaban J connectivity index is 1.67. The van der Waals surface area contributed by atoms with Crippen molar-refractivity contribution in [3.8, 4) is 0 Å². The second kappa shape index (κ2) is 7.14. The van der Waals surface area contributed by atoms with Crippen molar-refractivity contribution in [3.63, 3.8) is 0 Å². The highest BCUT2D eigenvalue weighted by molar-refractivity contribution is 7.11. The summed E-state index contributed by atoms with van der Waals surface area (Å²) in [6, 6.07) is 0. The Kier molecular flexibility index (Phi) is 4.68. The number of nitrogens with one attached hydrogen (secondary N) is 2. The van der Waals surface area contributed by atoms with E-state index in [2.05, 4.69) is 25.1 Å². The molecule has 9 nitrogen and oxygen atoms in total.